The summed E-state index contributed by atoms with van der Waals surface area (Å²) in [4.78, 5) is 0. The van der Waals surface area contributed by atoms with Crippen molar-refractivity contribution in [2.24, 2.45) is 0 Å². The molecule has 0 saturated carbocycles. The highest BCUT2D eigenvalue weighted by atomic mass is 32.2. The normalized spacial score (nSPS) is 11.3. The second kappa shape index (κ2) is 7.60. The lowest BCUT2D eigenvalue weighted by Gasteiger charge is -1.99. The Morgan fingerprint density at radius 3 is 2.93 bits per heavy atom. The third kappa shape index (κ3) is 5.09. The van der Waals surface area contributed by atoms with E-state index in [0.717, 1.165) is 36.8 Å². The molecule has 0 bridgehead atoms. The second-order valence-electron chi connectivity index (χ2n) is 3.34. The predicted molar refractivity (Wildman–Crippen MR) is 67.1 cm³/mol. The van der Waals surface area contributed by atoms with Gasteiger partial charge in [0.15, 0.2) is 0 Å². The molecule has 84 valence electrons. The molecule has 0 aliphatic heterocycles. The summed E-state index contributed by atoms with van der Waals surface area (Å²) < 4.78 is 5.63. The van der Waals surface area contributed by atoms with Crippen molar-refractivity contribution in [2.45, 2.75) is 25.6 Å². The molecule has 3 heteroatoms. The van der Waals surface area contributed by atoms with Crippen molar-refractivity contribution < 1.29 is 4.42 Å². The highest BCUT2D eigenvalue weighted by Crippen LogP contribution is 2.12. The number of furan rings is 1. The van der Waals surface area contributed by atoms with E-state index in [9.17, 15) is 0 Å². The highest BCUT2D eigenvalue weighted by molar-refractivity contribution is 7.97. The Labute approximate surface area is 96.1 Å². The van der Waals surface area contributed by atoms with E-state index in [1.54, 1.807) is 11.8 Å². The van der Waals surface area contributed by atoms with Crippen molar-refractivity contribution in [3.05, 3.63) is 35.8 Å². The van der Waals surface area contributed by atoms with Crippen LogP contribution >= 0.6 is 11.8 Å². The first-order valence-corrected chi connectivity index (χ1v) is 6.64. The summed E-state index contributed by atoms with van der Waals surface area (Å²) >= 11 is 1.78. The van der Waals surface area contributed by atoms with Gasteiger partial charge in [-0.1, -0.05) is 12.2 Å². The van der Waals surface area contributed by atoms with Crippen molar-refractivity contribution in [1.82, 2.24) is 5.32 Å². The summed E-state index contributed by atoms with van der Waals surface area (Å²) in [7, 11) is 0. The number of rotatable bonds is 7. The van der Waals surface area contributed by atoms with Crippen LogP contribution in [-0.2, 0) is 12.3 Å². The fourth-order valence-electron chi connectivity index (χ4n) is 1.30. The molecule has 2 nitrogen and oxygen atoms in total. The third-order valence-electron chi connectivity index (χ3n) is 2.03. The van der Waals surface area contributed by atoms with E-state index >= 15 is 0 Å². The predicted octanol–water partition coefficient (Wildman–Crippen LogP) is 3.20. The Balaban J connectivity index is 2.19. The van der Waals surface area contributed by atoms with Crippen LogP contribution in [-0.4, -0.2) is 12.8 Å². The molecule has 0 fully saturated rings. The monoisotopic (exact) mass is 225 g/mol. The molecule has 1 rings (SSSR count). The molecule has 0 aromatic carbocycles. The van der Waals surface area contributed by atoms with E-state index in [1.807, 2.05) is 13.0 Å². The fourth-order valence-corrected chi connectivity index (χ4v) is 1.74. The van der Waals surface area contributed by atoms with Gasteiger partial charge in [-0.15, -0.1) is 0 Å². The number of allylic oxidation sites excluding steroid dienone is 1. The van der Waals surface area contributed by atoms with Crippen molar-refractivity contribution in [1.29, 1.82) is 0 Å². The van der Waals surface area contributed by atoms with Gasteiger partial charge < -0.3 is 9.73 Å². The van der Waals surface area contributed by atoms with Crippen LogP contribution in [0, 0.1) is 0 Å². The minimum Gasteiger partial charge on any atom is -0.464 e. The smallest absolute Gasteiger partial charge is 0.117 e. The maximum absolute atomic E-state index is 5.63. The first-order valence-electron chi connectivity index (χ1n) is 5.25. The average Bonchev–Trinajstić information content (AvgIpc) is 2.66. The molecule has 1 N–H and O–H groups in total. The lowest BCUT2D eigenvalue weighted by molar-refractivity contribution is 0.461. The summed E-state index contributed by atoms with van der Waals surface area (Å²) in [6, 6.07) is 4.10. The van der Waals surface area contributed by atoms with Crippen LogP contribution in [0.4, 0.5) is 0 Å². The van der Waals surface area contributed by atoms with E-state index in [0.29, 0.717) is 0 Å². The number of hydrogen-bond donors (Lipinski definition) is 1. The Hall–Kier alpha value is -0.670. The van der Waals surface area contributed by atoms with E-state index in [1.165, 1.54) is 0 Å². The van der Waals surface area contributed by atoms with Gasteiger partial charge >= 0.3 is 0 Å². The Bertz CT molecular complexity index is 294. The molecule has 0 amide bonds. The van der Waals surface area contributed by atoms with Gasteiger partial charge in [-0.25, -0.2) is 0 Å². The van der Waals surface area contributed by atoms with Crippen molar-refractivity contribution >= 4 is 11.8 Å². The largest absolute Gasteiger partial charge is 0.464 e. The lowest BCUT2D eigenvalue weighted by atomic mass is 10.3. The molecule has 0 saturated heterocycles. The van der Waals surface area contributed by atoms with Gasteiger partial charge in [0.2, 0.25) is 0 Å². The van der Waals surface area contributed by atoms with Crippen LogP contribution in [0.5, 0.6) is 0 Å². The van der Waals surface area contributed by atoms with E-state index in [-0.39, 0.29) is 0 Å². The van der Waals surface area contributed by atoms with Gasteiger partial charge in [0.25, 0.3) is 0 Å². The van der Waals surface area contributed by atoms with Gasteiger partial charge in [0, 0.05) is 0 Å². The van der Waals surface area contributed by atoms with Crippen LogP contribution in [0.2, 0.25) is 0 Å². The van der Waals surface area contributed by atoms with Gasteiger partial charge in [-0.2, -0.15) is 11.8 Å². The Morgan fingerprint density at radius 2 is 2.20 bits per heavy atom. The zero-order valence-electron chi connectivity index (χ0n) is 9.45. The minimum absolute atomic E-state index is 0.825. The summed E-state index contributed by atoms with van der Waals surface area (Å²) in [5.74, 6) is 3.05. The second-order valence-corrected chi connectivity index (χ2v) is 4.20. The first-order chi connectivity index (χ1) is 7.36. The van der Waals surface area contributed by atoms with Crippen molar-refractivity contribution in [3.63, 3.8) is 0 Å². The third-order valence-corrected chi connectivity index (χ3v) is 2.60. The Kier molecular flexibility index (Phi) is 6.28. The molecule has 15 heavy (non-hydrogen) atoms. The number of nitrogens with one attached hydrogen (secondary N) is 1. The number of thioether (sulfide) groups is 1. The van der Waals surface area contributed by atoms with Crippen LogP contribution < -0.4 is 5.32 Å². The highest BCUT2D eigenvalue weighted by Gasteiger charge is 2.00. The SMILES string of the molecule is C/C=C/CCNCc1ccc(CSC)o1. The van der Waals surface area contributed by atoms with Crippen LogP contribution in [0.1, 0.15) is 24.9 Å². The van der Waals surface area contributed by atoms with Gasteiger partial charge in [0.1, 0.15) is 11.5 Å². The minimum atomic E-state index is 0.825. The molecular formula is C12H19NOS. The molecular weight excluding hydrogens is 206 g/mol. The molecule has 1 aromatic rings. The molecule has 1 heterocycles. The lowest BCUT2D eigenvalue weighted by Crippen LogP contribution is -2.13. The standard InChI is InChI=1S/C12H19NOS/c1-3-4-5-8-13-9-11-6-7-12(14-11)10-15-2/h3-4,6-7,13H,5,8-10H2,1-2H3/b4-3+. The van der Waals surface area contributed by atoms with E-state index in [2.05, 4.69) is 29.8 Å². The molecule has 0 aliphatic carbocycles. The van der Waals surface area contributed by atoms with Crippen molar-refractivity contribution in [2.75, 3.05) is 12.8 Å². The zero-order valence-corrected chi connectivity index (χ0v) is 10.3. The van der Waals surface area contributed by atoms with E-state index in [4.69, 9.17) is 4.42 Å². The summed E-state index contributed by atoms with van der Waals surface area (Å²) in [5, 5.41) is 3.34. The van der Waals surface area contributed by atoms with Gasteiger partial charge in [0.05, 0.1) is 12.3 Å². The summed E-state index contributed by atoms with van der Waals surface area (Å²) in [5.41, 5.74) is 0. The number of hydrogen-bond acceptors (Lipinski definition) is 3. The Morgan fingerprint density at radius 1 is 1.40 bits per heavy atom. The van der Waals surface area contributed by atoms with Crippen LogP contribution in [0.3, 0.4) is 0 Å². The van der Waals surface area contributed by atoms with Gasteiger partial charge in [-0.3, -0.25) is 0 Å². The quantitative estimate of drug-likeness (QED) is 0.570. The summed E-state index contributed by atoms with van der Waals surface area (Å²) in [6.07, 6.45) is 7.39. The maximum atomic E-state index is 5.63. The first kappa shape index (κ1) is 12.4. The zero-order chi connectivity index (χ0) is 10.9. The topological polar surface area (TPSA) is 25.2 Å². The fraction of sp³-hybridized carbons (Fsp3) is 0.500. The molecule has 0 atom stereocenters. The maximum Gasteiger partial charge on any atom is 0.117 e. The van der Waals surface area contributed by atoms with Crippen molar-refractivity contribution in [3.8, 4) is 0 Å². The van der Waals surface area contributed by atoms with Crippen LogP contribution in [0.25, 0.3) is 0 Å². The molecule has 1 aromatic heterocycles. The summed E-state index contributed by atoms with van der Waals surface area (Å²) in [6.45, 7) is 3.87. The molecule has 0 aliphatic rings. The van der Waals surface area contributed by atoms with Crippen LogP contribution in [0.15, 0.2) is 28.7 Å². The molecule has 0 radical (unpaired) electrons. The average molecular weight is 225 g/mol. The van der Waals surface area contributed by atoms with E-state index < -0.39 is 0 Å². The van der Waals surface area contributed by atoms with Gasteiger partial charge in [-0.05, 0) is 38.3 Å². The molecule has 0 spiro atoms. The molecule has 0 unspecified atom stereocenters.